The van der Waals surface area contributed by atoms with Crippen LogP contribution in [0, 0.1) is 23.7 Å². The van der Waals surface area contributed by atoms with Gasteiger partial charge in [-0.15, -0.1) is 0 Å². The third-order valence-electron chi connectivity index (χ3n) is 17.9. The van der Waals surface area contributed by atoms with Crippen LogP contribution in [0.3, 0.4) is 0 Å². The lowest BCUT2D eigenvalue weighted by atomic mass is 9.99. The number of rotatable bonds is 73. The van der Waals surface area contributed by atoms with Crippen LogP contribution in [-0.4, -0.2) is 96.7 Å². The molecule has 0 saturated carbocycles. The van der Waals surface area contributed by atoms with Gasteiger partial charge in [0.25, 0.3) is 0 Å². The number of aliphatic hydroxyl groups excluding tert-OH is 1. The molecule has 0 aromatic carbocycles. The average Bonchev–Trinajstić information content (AvgIpc) is 1.63. The molecule has 3 N–H and O–H groups in total. The van der Waals surface area contributed by atoms with Crippen molar-refractivity contribution in [1.29, 1.82) is 0 Å². The summed E-state index contributed by atoms with van der Waals surface area (Å²) >= 11 is 0. The van der Waals surface area contributed by atoms with E-state index in [4.69, 9.17) is 37.0 Å². The molecular formula is C76H148O17P2. The van der Waals surface area contributed by atoms with Gasteiger partial charge >= 0.3 is 39.5 Å². The minimum Gasteiger partial charge on any atom is -0.462 e. The molecule has 19 heteroatoms. The molecule has 3 unspecified atom stereocenters. The van der Waals surface area contributed by atoms with Crippen molar-refractivity contribution in [3.63, 3.8) is 0 Å². The van der Waals surface area contributed by atoms with Crippen LogP contribution in [0.25, 0.3) is 0 Å². The van der Waals surface area contributed by atoms with Crippen molar-refractivity contribution >= 4 is 39.5 Å². The fourth-order valence-electron chi connectivity index (χ4n) is 11.5. The van der Waals surface area contributed by atoms with Gasteiger partial charge in [-0.3, -0.25) is 37.3 Å². The number of phosphoric ester groups is 2. The first-order valence-corrected chi connectivity index (χ1v) is 42.2. The molecule has 0 aliphatic rings. The lowest BCUT2D eigenvalue weighted by Gasteiger charge is -2.21. The maximum Gasteiger partial charge on any atom is 0.472 e. The van der Waals surface area contributed by atoms with E-state index in [1.54, 1.807) is 0 Å². The number of hydrogen-bond donors (Lipinski definition) is 3. The molecule has 564 valence electrons. The molecule has 0 rings (SSSR count). The fourth-order valence-corrected chi connectivity index (χ4v) is 13.1. The van der Waals surface area contributed by atoms with Gasteiger partial charge in [-0.2, -0.15) is 0 Å². The highest BCUT2D eigenvalue weighted by Gasteiger charge is 2.30. The van der Waals surface area contributed by atoms with Crippen molar-refractivity contribution < 1.29 is 80.2 Å². The topological polar surface area (TPSA) is 237 Å². The Balaban J connectivity index is 5.28. The zero-order valence-electron chi connectivity index (χ0n) is 62.3. The van der Waals surface area contributed by atoms with E-state index in [9.17, 15) is 43.2 Å². The molecule has 0 amide bonds. The van der Waals surface area contributed by atoms with E-state index in [1.165, 1.54) is 186 Å². The first-order chi connectivity index (χ1) is 45.6. The Hall–Kier alpha value is -1.94. The van der Waals surface area contributed by atoms with E-state index < -0.39 is 97.5 Å². The van der Waals surface area contributed by atoms with Crippen LogP contribution >= 0.6 is 15.6 Å². The third kappa shape index (κ3) is 69.0. The molecule has 0 radical (unpaired) electrons. The summed E-state index contributed by atoms with van der Waals surface area (Å²) in [5.41, 5.74) is 0. The predicted molar refractivity (Wildman–Crippen MR) is 386 cm³/mol. The second-order valence-corrected chi connectivity index (χ2v) is 32.0. The first kappa shape index (κ1) is 93.1. The average molecular weight is 1400 g/mol. The van der Waals surface area contributed by atoms with Crippen LogP contribution in [0.2, 0.25) is 0 Å². The third-order valence-corrected chi connectivity index (χ3v) is 19.8. The van der Waals surface area contributed by atoms with Crippen molar-refractivity contribution in [2.45, 2.75) is 401 Å². The largest absolute Gasteiger partial charge is 0.472 e. The molecule has 6 atom stereocenters. The van der Waals surface area contributed by atoms with Crippen LogP contribution in [0.4, 0.5) is 0 Å². The van der Waals surface area contributed by atoms with Gasteiger partial charge in [0, 0.05) is 25.7 Å². The van der Waals surface area contributed by atoms with Gasteiger partial charge in [-0.05, 0) is 49.4 Å². The van der Waals surface area contributed by atoms with Crippen LogP contribution in [-0.2, 0) is 65.4 Å². The molecule has 0 bridgehead atoms. The van der Waals surface area contributed by atoms with Crippen LogP contribution in [0.1, 0.15) is 383 Å². The smallest absolute Gasteiger partial charge is 0.462 e. The summed E-state index contributed by atoms with van der Waals surface area (Å²) in [6.45, 7) is 14.2. The number of aliphatic hydroxyl groups is 1. The molecule has 0 saturated heterocycles. The van der Waals surface area contributed by atoms with E-state index in [0.29, 0.717) is 25.7 Å². The minimum absolute atomic E-state index is 0.106. The summed E-state index contributed by atoms with van der Waals surface area (Å²) in [6.07, 6.45) is 49.8. The fraction of sp³-hybridized carbons (Fsp3) is 0.947. The van der Waals surface area contributed by atoms with Crippen molar-refractivity contribution in [1.82, 2.24) is 0 Å². The molecular weight excluding hydrogens is 1250 g/mol. The van der Waals surface area contributed by atoms with Crippen molar-refractivity contribution in [2.75, 3.05) is 39.6 Å². The summed E-state index contributed by atoms with van der Waals surface area (Å²) in [7, 11) is -9.92. The summed E-state index contributed by atoms with van der Waals surface area (Å²) in [6, 6.07) is 0. The Labute approximate surface area is 581 Å². The first-order valence-electron chi connectivity index (χ1n) is 39.2. The summed E-state index contributed by atoms with van der Waals surface area (Å²) in [4.78, 5) is 72.9. The monoisotopic (exact) mass is 1400 g/mol. The number of phosphoric acid groups is 2. The maximum atomic E-state index is 13.1. The number of esters is 4. The van der Waals surface area contributed by atoms with Crippen LogP contribution in [0.15, 0.2) is 0 Å². The molecule has 0 aromatic heterocycles. The number of ether oxygens (including phenoxy) is 4. The summed E-state index contributed by atoms with van der Waals surface area (Å²) in [5, 5.41) is 10.6. The normalized spacial score (nSPS) is 14.4. The van der Waals surface area contributed by atoms with E-state index in [-0.39, 0.29) is 25.7 Å². The Morgan fingerprint density at radius 2 is 0.505 bits per heavy atom. The van der Waals surface area contributed by atoms with Crippen LogP contribution < -0.4 is 0 Å². The second-order valence-electron chi connectivity index (χ2n) is 29.1. The van der Waals surface area contributed by atoms with Gasteiger partial charge < -0.3 is 33.8 Å². The highest BCUT2D eigenvalue weighted by molar-refractivity contribution is 7.47. The number of carbonyl (C=O) groups is 4. The maximum absolute atomic E-state index is 13.1. The lowest BCUT2D eigenvalue weighted by molar-refractivity contribution is -0.161. The lowest BCUT2D eigenvalue weighted by Crippen LogP contribution is -2.30. The van der Waals surface area contributed by atoms with Gasteiger partial charge in [0.1, 0.15) is 19.3 Å². The molecule has 17 nitrogen and oxygen atoms in total. The highest BCUT2D eigenvalue weighted by Crippen LogP contribution is 2.45. The van der Waals surface area contributed by atoms with E-state index >= 15 is 0 Å². The number of unbranched alkanes of at least 4 members (excludes halogenated alkanes) is 38. The Kier molecular flexibility index (Phi) is 64.0. The Morgan fingerprint density at radius 3 is 0.747 bits per heavy atom. The van der Waals surface area contributed by atoms with Gasteiger partial charge in [0.05, 0.1) is 26.4 Å². The number of hydrogen-bond acceptors (Lipinski definition) is 15. The Bertz CT molecular complexity index is 1870. The molecule has 0 fully saturated rings. The van der Waals surface area contributed by atoms with E-state index in [2.05, 4.69) is 55.4 Å². The zero-order valence-corrected chi connectivity index (χ0v) is 64.1. The van der Waals surface area contributed by atoms with Crippen molar-refractivity contribution in [3.05, 3.63) is 0 Å². The molecule has 0 aromatic rings. The summed E-state index contributed by atoms with van der Waals surface area (Å²) in [5.74, 6) is 0.978. The zero-order chi connectivity index (χ0) is 70.3. The molecule has 95 heavy (non-hydrogen) atoms. The number of carbonyl (C=O) groups excluding carboxylic acids is 4. The quantitative estimate of drug-likeness (QED) is 0.0222. The highest BCUT2D eigenvalue weighted by atomic mass is 31.2. The standard InChI is InChI=1S/C76H148O17P2/c1-9-69(8)55-47-39-31-23-17-19-27-35-43-51-59-76(81)93-72(63-87-74(79)57-49-41-33-25-18-16-22-30-38-46-54-68(6)7)65-91-95(84,85)89-61-70(77)60-88-94(82,83)90-64-71(92-75(80)58-50-42-34-26-15-11-13-21-29-37-45-53-67(4)5)62-86-73(78)56-48-40-32-24-14-10-12-20-28-36-44-52-66(2)3/h66-72,77H,9-65H2,1-8H3,(H,82,83)(H,84,85)/t69?,70-,71-,72-/m1/s1. The van der Waals surface area contributed by atoms with Crippen LogP contribution in [0.5, 0.6) is 0 Å². The van der Waals surface area contributed by atoms with Crippen molar-refractivity contribution in [3.8, 4) is 0 Å². The SMILES string of the molecule is CCC(C)CCCCCCCCCCCCC(=O)O[C@H](COC(=O)CCCCCCCCCCCCC(C)C)COP(=O)(O)OC[C@H](O)COP(=O)(O)OC[C@@H](COC(=O)CCCCCCCCCCCCCC(C)C)OC(=O)CCCCCCCCCCCCCC(C)C. The van der Waals surface area contributed by atoms with Gasteiger partial charge in [0.15, 0.2) is 12.2 Å². The van der Waals surface area contributed by atoms with E-state index in [0.717, 1.165) is 114 Å². The van der Waals surface area contributed by atoms with Gasteiger partial charge in [-0.1, -0.05) is 331 Å². The minimum atomic E-state index is -4.96. The summed E-state index contributed by atoms with van der Waals surface area (Å²) < 4.78 is 68.6. The molecule has 0 aliphatic heterocycles. The molecule has 0 heterocycles. The molecule has 0 spiro atoms. The second kappa shape index (κ2) is 65.4. The van der Waals surface area contributed by atoms with Gasteiger partial charge in [0.2, 0.25) is 0 Å². The van der Waals surface area contributed by atoms with E-state index in [1.807, 2.05) is 0 Å². The predicted octanol–water partition coefficient (Wildman–Crippen LogP) is 22.0. The Morgan fingerprint density at radius 1 is 0.295 bits per heavy atom. The van der Waals surface area contributed by atoms with Crippen molar-refractivity contribution in [2.24, 2.45) is 23.7 Å². The molecule has 0 aliphatic carbocycles. The van der Waals surface area contributed by atoms with Gasteiger partial charge in [-0.25, -0.2) is 9.13 Å².